The molecule has 0 aromatic carbocycles. The highest BCUT2D eigenvalue weighted by Gasteiger charge is 2.16. The molecule has 0 heterocycles. The van der Waals surface area contributed by atoms with E-state index in [1.807, 2.05) is 13.0 Å². The number of allylic oxidation sites excluding steroid dienone is 1. The highest BCUT2D eigenvalue weighted by Crippen LogP contribution is 2.29. The van der Waals surface area contributed by atoms with Crippen LogP contribution >= 0.6 is 0 Å². The molecule has 15 heavy (non-hydrogen) atoms. The van der Waals surface area contributed by atoms with Crippen molar-refractivity contribution in [2.75, 3.05) is 19.8 Å². The van der Waals surface area contributed by atoms with Crippen LogP contribution < -0.4 is 10.6 Å². The summed E-state index contributed by atoms with van der Waals surface area (Å²) in [4.78, 5) is 11.2. The molecule has 0 radical (unpaired) electrons. The maximum absolute atomic E-state index is 11.2. The monoisotopic (exact) mass is 212 g/mol. The summed E-state index contributed by atoms with van der Waals surface area (Å²) in [7, 11) is 0. The number of nitrogens with one attached hydrogen (secondary N) is 2. The van der Waals surface area contributed by atoms with Gasteiger partial charge in [0.2, 0.25) is 0 Å². The van der Waals surface area contributed by atoms with Crippen LogP contribution in [0.25, 0.3) is 0 Å². The summed E-state index contributed by atoms with van der Waals surface area (Å²) in [6.07, 6.45) is 7.14. The maximum atomic E-state index is 11.2. The molecule has 0 aliphatic heterocycles. The van der Waals surface area contributed by atoms with Gasteiger partial charge in [-0.3, -0.25) is 0 Å². The van der Waals surface area contributed by atoms with Crippen molar-refractivity contribution in [3.05, 3.63) is 12.3 Å². The van der Waals surface area contributed by atoms with Gasteiger partial charge in [-0.15, -0.1) is 0 Å². The van der Waals surface area contributed by atoms with Crippen molar-refractivity contribution in [3.8, 4) is 0 Å². The molecule has 1 aliphatic carbocycles. The van der Waals surface area contributed by atoms with E-state index in [2.05, 4.69) is 10.6 Å². The summed E-state index contributed by atoms with van der Waals surface area (Å²) in [6, 6.07) is -0.136. The SMILES string of the molecule is CCOCCCNC(=O)N/C=C/C1CC1. The summed E-state index contributed by atoms with van der Waals surface area (Å²) in [5.74, 6) is 0.697. The van der Waals surface area contributed by atoms with Crippen molar-refractivity contribution >= 4 is 6.03 Å². The van der Waals surface area contributed by atoms with Gasteiger partial charge in [-0.2, -0.15) is 0 Å². The van der Waals surface area contributed by atoms with Crippen LogP contribution in [0.4, 0.5) is 4.79 Å². The fourth-order valence-corrected chi connectivity index (χ4v) is 1.12. The van der Waals surface area contributed by atoms with E-state index in [4.69, 9.17) is 4.74 Å². The fraction of sp³-hybridized carbons (Fsp3) is 0.727. The van der Waals surface area contributed by atoms with Crippen molar-refractivity contribution in [1.82, 2.24) is 10.6 Å². The predicted molar refractivity (Wildman–Crippen MR) is 59.5 cm³/mol. The lowest BCUT2D eigenvalue weighted by molar-refractivity contribution is 0.145. The first kappa shape index (κ1) is 12.0. The molecular formula is C11H20N2O2. The Balaban J connectivity index is 1.88. The zero-order chi connectivity index (χ0) is 10.9. The molecule has 86 valence electrons. The highest BCUT2D eigenvalue weighted by molar-refractivity contribution is 5.74. The third-order valence-electron chi connectivity index (χ3n) is 2.16. The quantitative estimate of drug-likeness (QED) is 0.630. The molecule has 0 saturated heterocycles. The van der Waals surface area contributed by atoms with Gasteiger partial charge in [0.15, 0.2) is 0 Å². The summed E-state index contributed by atoms with van der Waals surface area (Å²) in [6.45, 7) is 4.05. The molecular weight excluding hydrogens is 192 g/mol. The molecule has 0 unspecified atom stereocenters. The zero-order valence-corrected chi connectivity index (χ0v) is 9.29. The van der Waals surface area contributed by atoms with Crippen molar-refractivity contribution in [2.24, 2.45) is 5.92 Å². The van der Waals surface area contributed by atoms with Gasteiger partial charge >= 0.3 is 6.03 Å². The second-order valence-electron chi connectivity index (χ2n) is 3.65. The van der Waals surface area contributed by atoms with E-state index in [-0.39, 0.29) is 6.03 Å². The highest BCUT2D eigenvalue weighted by atomic mass is 16.5. The molecule has 4 heteroatoms. The number of carbonyl (C=O) groups is 1. The third-order valence-corrected chi connectivity index (χ3v) is 2.16. The van der Waals surface area contributed by atoms with Crippen LogP contribution in [0, 0.1) is 5.92 Å². The molecule has 2 N–H and O–H groups in total. The largest absolute Gasteiger partial charge is 0.382 e. The van der Waals surface area contributed by atoms with Gasteiger partial charge in [0.25, 0.3) is 0 Å². The maximum Gasteiger partial charge on any atom is 0.318 e. The molecule has 0 spiro atoms. The van der Waals surface area contributed by atoms with Gasteiger partial charge in [-0.25, -0.2) is 4.79 Å². The number of hydrogen-bond acceptors (Lipinski definition) is 2. The lowest BCUT2D eigenvalue weighted by Gasteiger charge is -2.04. The smallest absolute Gasteiger partial charge is 0.318 e. The van der Waals surface area contributed by atoms with Crippen LogP contribution in [-0.2, 0) is 4.74 Å². The number of amides is 2. The first-order valence-electron chi connectivity index (χ1n) is 5.61. The van der Waals surface area contributed by atoms with Crippen LogP contribution in [0.2, 0.25) is 0 Å². The Hall–Kier alpha value is -1.03. The topological polar surface area (TPSA) is 50.4 Å². The van der Waals surface area contributed by atoms with Crippen LogP contribution in [0.5, 0.6) is 0 Å². The predicted octanol–water partition coefficient (Wildman–Crippen LogP) is 1.64. The minimum absolute atomic E-state index is 0.136. The molecule has 1 aliphatic rings. The Labute approximate surface area is 91.1 Å². The first-order valence-corrected chi connectivity index (χ1v) is 5.61. The average Bonchev–Trinajstić information content (AvgIpc) is 3.01. The number of carbonyl (C=O) groups excluding carboxylic acids is 1. The number of hydrogen-bond donors (Lipinski definition) is 2. The Morgan fingerprint density at radius 3 is 3.00 bits per heavy atom. The number of ether oxygens (including phenoxy) is 1. The van der Waals surface area contributed by atoms with E-state index in [1.165, 1.54) is 12.8 Å². The van der Waals surface area contributed by atoms with Crippen LogP contribution in [0.3, 0.4) is 0 Å². The Morgan fingerprint density at radius 2 is 2.33 bits per heavy atom. The Kier molecular flexibility index (Phi) is 5.85. The lowest BCUT2D eigenvalue weighted by Crippen LogP contribution is -2.33. The van der Waals surface area contributed by atoms with E-state index in [0.717, 1.165) is 13.0 Å². The van der Waals surface area contributed by atoms with Gasteiger partial charge < -0.3 is 15.4 Å². The molecule has 0 aromatic heterocycles. The number of urea groups is 1. The average molecular weight is 212 g/mol. The summed E-state index contributed by atoms with van der Waals surface area (Å²) in [5.41, 5.74) is 0. The van der Waals surface area contributed by atoms with Gasteiger partial charge in [0.1, 0.15) is 0 Å². The molecule has 1 saturated carbocycles. The van der Waals surface area contributed by atoms with Gasteiger partial charge in [-0.05, 0) is 32.1 Å². The van der Waals surface area contributed by atoms with Gasteiger partial charge in [0, 0.05) is 26.0 Å². The molecule has 1 rings (SSSR count). The molecule has 1 fully saturated rings. The van der Waals surface area contributed by atoms with Gasteiger partial charge in [-0.1, -0.05) is 6.08 Å². The van der Waals surface area contributed by atoms with E-state index >= 15 is 0 Å². The number of rotatable bonds is 7. The van der Waals surface area contributed by atoms with Gasteiger partial charge in [0.05, 0.1) is 0 Å². The second-order valence-corrected chi connectivity index (χ2v) is 3.65. The minimum atomic E-state index is -0.136. The third kappa shape index (κ3) is 6.96. The normalized spacial score (nSPS) is 15.5. The second kappa shape index (κ2) is 7.29. The van der Waals surface area contributed by atoms with Crippen LogP contribution in [0.15, 0.2) is 12.3 Å². The van der Waals surface area contributed by atoms with E-state index in [1.54, 1.807) is 6.20 Å². The zero-order valence-electron chi connectivity index (χ0n) is 9.29. The molecule has 0 aromatic rings. The minimum Gasteiger partial charge on any atom is -0.382 e. The lowest BCUT2D eigenvalue weighted by atomic mass is 10.4. The Morgan fingerprint density at radius 1 is 1.53 bits per heavy atom. The van der Waals surface area contributed by atoms with E-state index in [0.29, 0.717) is 19.1 Å². The fourth-order valence-electron chi connectivity index (χ4n) is 1.12. The van der Waals surface area contributed by atoms with Crippen molar-refractivity contribution in [3.63, 3.8) is 0 Å². The summed E-state index contributed by atoms with van der Waals surface area (Å²) < 4.78 is 5.15. The van der Waals surface area contributed by atoms with Crippen molar-refractivity contribution in [1.29, 1.82) is 0 Å². The molecule has 4 nitrogen and oxygen atoms in total. The Bertz CT molecular complexity index is 213. The van der Waals surface area contributed by atoms with Crippen molar-refractivity contribution < 1.29 is 9.53 Å². The first-order chi connectivity index (χ1) is 7.33. The van der Waals surface area contributed by atoms with E-state index < -0.39 is 0 Å². The molecule has 0 bridgehead atoms. The van der Waals surface area contributed by atoms with Crippen molar-refractivity contribution in [2.45, 2.75) is 26.2 Å². The standard InChI is InChI=1S/C11H20N2O2/c1-2-15-9-3-7-12-11(14)13-8-6-10-4-5-10/h6,8,10H,2-5,7,9H2,1H3,(H2,12,13,14)/b8-6+. The van der Waals surface area contributed by atoms with E-state index in [9.17, 15) is 4.79 Å². The molecule has 0 atom stereocenters. The summed E-state index contributed by atoms with van der Waals surface area (Å²) in [5, 5.41) is 5.43. The summed E-state index contributed by atoms with van der Waals surface area (Å²) >= 11 is 0. The molecule has 2 amide bonds. The van der Waals surface area contributed by atoms with Crippen LogP contribution in [-0.4, -0.2) is 25.8 Å². The van der Waals surface area contributed by atoms with Crippen LogP contribution in [0.1, 0.15) is 26.2 Å².